The van der Waals surface area contributed by atoms with Crippen molar-refractivity contribution in [3.8, 4) is 11.5 Å². The van der Waals surface area contributed by atoms with Gasteiger partial charge in [-0.2, -0.15) is 0 Å². The lowest BCUT2D eigenvalue weighted by atomic mass is 9.86. The molecule has 8 heteroatoms. The largest absolute Gasteiger partial charge is 0.490 e. The third-order valence-corrected chi connectivity index (χ3v) is 6.76. The third kappa shape index (κ3) is 7.72. The molecule has 0 saturated carbocycles. The number of anilines is 2. The van der Waals surface area contributed by atoms with Crippen LogP contribution in [0.15, 0.2) is 66.7 Å². The van der Waals surface area contributed by atoms with E-state index in [9.17, 15) is 14.7 Å². The topological polar surface area (TPSA) is 101 Å². The molecule has 39 heavy (non-hydrogen) atoms. The predicted octanol–water partition coefficient (Wildman–Crippen LogP) is 5.36. The van der Waals surface area contributed by atoms with Gasteiger partial charge in [0.05, 0.1) is 25.0 Å². The summed E-state index contributed by atoms with van der Waals surface area (Å²) >= 11 is 0. The van der Waals surface area contributed by atoms with Crippen LogP contribution in [0, 0.1) is 5.41 Å². The van der Waals surface area contributed by atoms with Gasteiger partial charge in [-0.25, -0.2) is 4.98 Å². The maximum Gasteiger partial charge on any atom is 0.309 e. The zero-order valence-electron chi connectivity index (χ0n) is 22.9. The molecule has 0 aliphatic carbocycles. The Balaban J connectivity index is 1.34. The molecular formula is C31H37N3O5. The zero-order valence-corrected chi connectivity index (χ0v) is 22.9. The number of piperidine rings is 1. The van der Waals surface area contributed by atoms with Gasteiger partial charge in [0, 0.05) is 6.54 Å². The lowest BCUT2D eigenvalue weighted by Gasteiger charge is -2.34. The SMILES string of the molecule is CCOc1ccccc1O[C@@H]1CCCN(c2cccc(NC(=O)Cc3ccc(CC(C)(C)C(=O)O)cc3)n2)C1. The first-order valence-corrected chi connectivity index (χ1v) is 13.4. The second kappa shape index (κ2) is 12.7. The maximum atomic E-state index is 12.7. The summed E-state index contributed by atoms with van der Waals surface area (Å²) < 4.78 is 12.0. The van der Waals surface area contributed by atoms with Crippen molar-refractivity contribution in [1.29, 1.82) is 0 Å². The van der Waals surface area contributed by atoms with Gasteiger partial charge in [0.15, 0.2) is 11.5 Å². The molecule has 1 saturated heterocycles. The van der Waals surface area contributed by atoms with Crippen molar-refractivity contribution in [1.82, 2.24) is 4.98 Å². The molecule has 2 heterocycles. The van der Waals surface area contributed by atoms with Crippen molar-refractivity contribution >= 4 is 23.5 Å². The van der Waals surface area contributed by atoms with E-state index >= 15 is 0 Å². The monoisotopic (exact) mass is 531 g/mol. The molecule has 2 N–H and O–H groups in total. The van der Waals surface area contributed by atoms with Crippen LogP contribution in [0.4, 0.5) is 11.6 Å². The van der Waals surface area contributed by atoms with Crippen LogP contribution >= 0.6 is 0 Å². The van der Waals surface area contributed by atoms with Crippen molar-refractivity contribution < 1.29 is 24.2 Å². The molecule has 0 radical (unpaired) electrons. The minimum absolute atomic E-state index is 0.00412. The molecule has 4 rings (SSSR count). The van der Waals surface area contributed by atoms with Crippen LogP contribution in [-0.2, 0) is 22.4 Å². The summed E-state index contributed by atoms with van der Waals surface area (Å²) in [6.45, 7) is 7.50. The Morgan fingerprint density at radius 1 is 1.03 bits per heavy atom. The van der Waals surface area contributed by atoms with Gasteiger partial charge in [-0.05, 0) is 75.4 Å². The fourth-order valence-corrected chi connectivity index (χ4v) is 4.65. The molecule has 1 amide bonds. The number of nitrogens with one attached hydrogen (secondary N) is 1. The molecule has 1 atom stereocenters. The number of carbonyl (C=O) groups excluding carboxylic acids is 1. The van der Waals surface area contributed by atoms with E-state index < -0.39 is 11.4 Å². The lowest BCUT2D eigenvalue weighted by Crippen LogP contribution is -2.41. The average molecular weight is 532 g/mol. The number of hydrogen-bond acceptors (Lipinski definition) is 6. The number of benzene rings is 2. The average Bonchev–Trinajstić information content (AvgIpc) is 2.91. The Hall–Kier alpha value is -4.07. The first-order valence-electron chi connectivity index (χ1n) is 13.4. The summed E-state index contributed by atoms with van der Waals surface area (Å²) in [5.41, 5.74) is 0.930. The summed E-state index contributed by atoms with van der Waals surface area (Å²) in [6.07, 6.45) is 2.55. The first kappa shape index (κ1) is 28.0. The van der Waals surface area contributed by atoms with Gasteiger partial charge < -0.3 is 24.8 Å². The minimum Gasteiger partial charge on any atom is -0.490 e. The number of carboxylic acids is 1. The molecule has 0 spiro atoms. The number of aliphatic carboxylic acids is 1. The minimum atomic E-state index is -0.843. The van der Waals surface area contributed by atoms with Gasteiger partial charge in [0.25, 0.3) is 0 Å². The number of para-hydroxylation sites is 2. The normalized spacial score (nSPS) is 15.5. The Labute approximate surface area is 230 Å². The van der Waals surface area contributed by atoms with Gasteiger partial charge in [-0.3, -0.25) is 9.59 Å². The lowest BCUT2D eigenvalue weighted by molar-refractivity contribution is -0.146. The van der Waals surface area contributed by atoms with E-state index in [0.717, 1.165) is 47.8 Å². The van der Waals surface area contributed by atoms with Gasteiger partial charge in [0.1, 0.15) is 17.7 Å². The Morgan fingerprint density at radius 3 is 2.46 bits per heavy atom. The van der Waals surface area contributed by atoms with Crippen molar-refractivity contribution in [2.45, 2.75) is 52.6 Å². The second-order valence-corrected chi connectivity index (χ2v) is 10.5. The van der Waals surface area contributed by atoms with Crippen LogP contribution in [0.3, 0.4) is 0 Å². The quantitative estimate of drug-likeness (QED) is 0.343. The molecule has 2 aromatic carbocycles. The molecular weight excluding hydrogens is 494 g/mol. The number of carbonyl (C=O) groups is 2. The van der Waals surface area contributed by atoms with E-state index in [-0.39, 0.29) is 18.4 Å². The van der Waals surface area contributed by atoms with Gasteiger partial charge in [0.2, 0.25) is 5.91 Å². The standard InChI is InChI=1S/C31H37N3O5/c1-4-38-25-10-5-6-11-26(25)39-24-9-8-18-34(21-24)28-13-7-12-27(32-28)33-29(35)19-22-14-16-23(17-15-22)20-31(2,3)30(36)37/h5-7,10-17,24H,4,8-9,18-21H2,1-3H3,(H,36,37)(H,32,33,35)/t24-/m1/s1. The van der Waals surface area contributed by atoms with E-state index in [1.165, 1.54) is 0 Å². The molecule has 1 fully saturated rings. The number of aromatic nitrogens is 1. The number of carboxylic acid groups (broad SMARTS) is 1. The Morgan fingerprint density at radius 2 is 1.74 bits per heavy atom. The maximum absolute atomic E-state index is 12.7. The highest BCUT2D eigenvalue weighted by molar-refractivity contribution is 5.91. The van der Waals surface area contributed by atoms with Crippen LogP contribution in [-0.4, -0.2) is 47.8 Å². The van der Waals surface area contributed by atoms with E-state index in [0.29, 0.717) is 25.4 Å². The van der Waals surface area contributed by atoms with E-state index in [1.807, 2.05) is 67.6 Å². The van der Waals surface area contributed by atoms with E-state index in [4.69, 9.17) is 14.5 Å². The number of amides is 1. The smallest absolute Gasteiger partial charge is 0.309 e. The molecule has 1 aromatic heterocycles. The van der Waals surface area contributed by atoms with E-state index in [2.05, 4.69) is 10.2 Å². The summed E-state index contributed by atoms with van der Waals surface area (Å²) in [5.74, 6) is 1.80. The number of pyridine rings is 1. The molecule has 0 bridgehead atoms. The summed E-state index contributed by atoms with van der Waals surface area (Å²) in [4.78, 5) is 31.0. The summed E-state index contributed by atoms with van der Waals surface area (Å²) in [7, 11) is 0. The number of hydrogen-bond donors (Lipinski definition) is 2. The zero-order chi connectivity index (χ0) is 27.8. The third-order valence-electron chi connectivity index (χ3n) is 6.76. The number of ether oxygens (including phenoxy) is 2. The van der Waals surface area contributed by atoms with Crippen molar-refractivity contribution in [3.63, 3.8) is 0 Å². The molecule has 8 nitrogen and oxygen atoms in total. The second-order valence-electron chi connectivity index (χ2n) is 10.5. The van der Waals surface area contributed by atoms with Crippen LogP contribution < -0.4 is 19.7 Å². The Kier molecular flexibility index (Phi) is 9.07. The molecule has 1 aliphatic rings. The van der Waals surface area contributed by atoms with Crippen LogP contribution in [0.5, 0.6) is 11.5 Å². The highest BCUT2D eigenvalue weighted by Crippen LogP contribution is 2.30. The molecule has 206 valence electrons. The fraction of sp³-hybridized carbons (Fsp3) is 0.387. The molecule has 1 aliphatic heterocycles. The highest BCUT2D eigenvalue weighted by Gasteiger charge is 2.27. The van der Waals surface area contributed by atoms with Crippen LogP contribution in [0.1, 0.15) is 44.7 Å². The first-order chi connectivity index (χ1) is 18.7. The predicted molar refractivity (Wildman–Crippen MR) is 152 cm³/mol. The highest BCUT2D eigenvalue weighted by atomic mass is 16.5. The fourth-order valence-electron chi connectivity index (χ4n) is 4.65. The number of nitrogens with zero attached hydrogens (tertiary/aromatic N) is 2. The van der Waals surface area contributed by atoms with Crippen LogP contribution in [0.25, 0.3) is 0 Å². The molecule has 3 aromatic rings. The van der Waals surface area contributed by atoms with Gasteiger partial charge in [-0.1, -0.05) is 42.5 Å². The van der Waals surface area contributed by atoms with E-state index in [1.54, 1.807) is 19.9 Å². The van der Waals surface area contributed by atoms with Gasteiger partial charge in [-0.15, -0.1) is 0 Å². The van der Waals surface area contributed by atoms with Crippen molar-refractivity contribution in [2.24, 2.45) is 5.41 Å². The molecule has 0 unspecified atom stereocenters. The van der Waals surface area contributed by atoms with Crippen molar-refractivity contribution in [3.05, 3.63) is 77.9 Å². The van der Waals surface area contributed by atoms with Gasteiger partial charge >= 0.3 is 5.97 Å². The Bertz CT molecular complexity index is 1280. The van der Waals surface area contributed by atoms with Crippen LogP contribution in [0.2, 0.25) is 0 Å². The summed E-state index contributed by atoms with van der Waals surface area (Å²) in [6, 6.07) is 20.9. The van der Waals surface area contributed by atoms with Crippen molar-refractivity contribution in [2.75, 3.05) is 29.9 Å². The number of rotatable bonds is 11. The summed E-state index contributed by atoms with van der Waals surface area (Å²) in [5, 5.41) is 12.3.